The van der Waals surface area contributed by atoms with Crippen LogP contribution in [0.4, 0.5) is 11.4 Å². The number of morpholine rings is 1. The number of halogens is 1. The number of ether oxygens (including phenoxy) is 1. The van der Waals surface area contributed by atoms with Gasteiger partial charge in [0, 0.05) is 13.1 Å². The standard InChI is InChI=1S/C17H29ClN2O2Si/c1-17(2,3)23(4,5)22-12-13-11-20(9-10-21-13)15-8-6-7-14(19)16(15)18/h6-8,13H,9-12,19H2,1-5H3. The molecule has 2 rings (SSSR count). The number of nitrogen functional groups attached to an aromatic ring is 1. The molecule has 4 nitrogen and oxygen atoms in total. The summed E-state index contributed by atoms with van der Waals surface area (Å²) in [6, 6.07) is 5.77. The van der Waals surface area contributed by atoms with Crippen molar-refractivity contribution in [3.8, 4) is 0 Å². The SMILES string of the molecule is CC(C)(C)[Si](C)(C)OCC1CN(c2cccc(N)c2Cl)CCO1. The molecule has 1 atom stereocenters. The van der Waals surface area contributed by atoms with E-state index in [0.717, 1.165) is 18.8 Å². The van der Waals surface area contributed by atoms with E-state index in [9.17, 15) is 0 Å². The lowest BCUT2D eigenvalue weighted by molar-refractivity contribution is 0.00688. The molecular weight excluding hydrogens is 328 g/mol. The summed E-state index contributed by atoms with van der Waals surface area (Å²) in [5.41, 5.74) is 7.51. The monoisotopic (exact) mass is 356 g/mol. The molecule has 1 aliphatic rings. The number of rotatable bonds is 4. The summed E-state index contributed by atoms with van der Waals surface area (Å²) in [7, 11) is -1.75. The Bertz CT molecular complexity index is 546. The molecule has 2 N–H and O–H groups in total. The van der Waals surface area contributed by atoms with Crippen molar-refractivity contribution in [3.05, 3.63) is 23.2 Å². The van der Waals surface area contributed by atoms with Gasteiger partial charge in [-0.25, -0.2) is 0 Å². The van der Waals surface area contributed by atoms with Crippen LogP contribution in [0.5, 0.6) is 0 Å². The van der Waals surface area contributed by atoms with E-state index in [-0.39, 0.29) is 11.1 Å². The molecular formula is C17H29ClN2O2Si. The maximum atomic E-state index is 6.35. The van der Waals surface area contributed by atoms with Gasteiger partial charge < -0.3 is 19.8 Å². The third-order valence-corrected chi connectivity index (χ3v) is 9.84. The second-order valence-electron chi connectivity index (χ2n) is 7.69. The predicted molar refractivity (Wildman–Crippen MR) is 101 cm³/mol. The molecule has 1 aromatic carbocycles. The Balaban J connectivity index is 2.00. The van der Waals surface area contributed by atoms with Crippen molar-refractivity contribution in [2.75, 3.05) is 36.9 Å². The minimum atomic E-state index is -1.75. The highest BCUT2D eigenvalue weighted by Gasteiger charge is 2.38. The van der Waals surface area contributed by atoms with Gasteiger partial charge in [0.2, 0.25) is 0 Å². The molecule has 1 aliphatic heterocycles. The summed E-state index contributed by atoms with van der Waals surface area (Å²) in [5, 5.41) is 0.830. The first-order chi connectivity index (χ1) is 10.6. The van der Waals surface area contributed by atoms with Crippen LogP contribution in [0.2, 0.25) is 23.2 Å². The van der Waals surface area contributed by atoms with Gasteiger partial charge in [-0.15, -0.1) is 0 Å². The molecule has 1 saturated heterocycles. The second-order valence-corrected chi connectivity index (χ2v) is 12.9. The van der Waals surface area contributed by atoms with Crippen LogP contribution in [0.25, 0.3) is 0 Å². The number of benzene rings is 1. The minimum Gasteiger partial charge on any atom is -0.414 e. The molecule has 0 amide bonds. The van der Waals surface area contributed by atoms with E-state index in [1.54, 1.807) is 0 Å². The fraction of sp³-hybridized carbons (Fsp3) is 0.647. The second kappa shape index (κ2) is 7.01. The Kier molecular flexibility index (Phi) is 5.66. The highest BCUT2D eigenvalue weighted by atomic mass is 35.5. The zero-order valence-electron chi connectivity index (χ0n) is 14.9. The summed E-state index contributed by atoms with van der Waals surface area (Å²) in [5.74, 6) is 0. The van der Waals surface area contributed by atoms with Gasteiger partial charge in [0.05, 0.1) is 35.7 Å². The van der Waals surface area contributed by atoms with Crippen molar-refractivity contribution < 1.29 is 9.16 Å². The van der Waals surface area contributed by atoms with Crippen molar-refractivity contribution in [1.29, 1.82) is 0 Å². The zero-order valence-corrected chi connectivity index (χ0v) is 16.6. The van der Waals surface area contributed by atoms with E-state index in [1.807, 2.05) is 18.2 Å². The third-order valence-electron chi connectivity index (χ3n) is 4.92. The van der Waals surface area contributed by atoms with Crippen molar-refractivity contribution in [3.63, 3.8) is 0 Å². The van der Waals surface area contributed by atoms with Gasteiger partial charge in [-0.1, -0.05) is 38.4 Å². The van der Waals surface area contributed by atoms with Crippen molar-refractivity contribution in [2.45, 2.75) is 45.0 Å². The van der Waals surface area contributed by atoms with E-state index < -0.39 is 8.32 Å². The summed E-state index contributed by atoms with van der Waals surface area (Å²) in [6.07, 6.45) is 0.0652. The molecule has 0 saturated carbocycles. The Labute approximate surface area is 146 Å². The molecule has 23 heavy (non-hydrogen) atoms. The average Bonchev–Trinajstić information content (AvgIpc) is 2.47. The van der Waals surface area contributed by atoms with E-state index >= 15 is 0 Å². The molecule has 0 bridgehead atoms. The summed E-state index contributed by atoms with van der Waals surface area (Å²) >= 11 is 6.35. The van der Waals surface area contributed by atoms with Gasteiger partial charge in [-0.2, -0.15) is 0 Å². The Morgan fingerprint density at radius 1 is 1.39 bits per heavy atom. The van der Waals surface area contributed by atoms with E-state index in [1.165, 1.54) is 0 Å². The lowest BCUT2D eigenvalue weighted by Crippen LogP contribution is -2.48. The largest absolute Gasteiger partial charge is 0.414 e. The van der Waals surface area contributed by atoms with Crippen molar-refractivity contribution in [1.82, 2.24) is 0 Å². The van der Waals surface area contributed by atoms with E-state index in [0.29, 0.717) is 23.9 Å². The maximum Gasteiger partial charge on any atom is 0.192 e. The van der Waals surface area contributed by atoms with Crippen LogP contribution < -0.4 is 10.6 Å². The Morgan fingerprint density at radius 3 is 2.74 bits per heavy atom. The molecule has 0 spiro atoms. The van der Waals surface area contributed by atoms with Gasteiger partial charge in [0.1, 0.15) is 0 Å². The van der Waals surface area contributed by atoms with Gasteiger partial charge in [-0.05, 0) is 30.3 Å². The zero-order chi connectivity index (χ0) is 17.3. The molecule has 6 heteroatoms. The molecule has 1 unspecified atom stereocenters. The Hall–Kier alpha value is -0.753. The number of hydrogen-bond acceptors (Lipinski definition) is 4. The molecule has 0 aromatic heterocycles. The highest BCUT2D eigenvalue weighted by Crippen LogP contribution is 2.37. The van der Waals surface area contributed by atoms with Gasteiger partial charge in [0.15, 0.2) is 8.32 Å². The molecule has 130 valence electrons. The summed E-state index contributed by atoms with van der Waals surface area (Å²) in [4.78, 5) is 2.24. The lowest BCUT2D eigenvalue weighted by atomic mass is 10.2. The van der Waals surface area contributed by atoms with Crippen LogP contribution in [0.1, 0.15) is 20.8 Å². The molecule has 0 aliphatic carbocycles. The van der Waals surface area contributed by atoms with Crippen LogP contribution in [0, 0.1) is 0 Å². The number of nitrogens with zero attached hydrogens (tertiary/aromatic N) is 1. The smallest absolute Gasteiger partial charge is 0.192 e. The molecule has 1 fully saturated rings. The number of nitrogens with two attached hydrogens (primary N) is 1. The fourth-order valence-corrected chi connectivity index (χ4v) is 3.62. The summed E-state index contributed by atoms with van der Waals surface area (Å²) < 4.78 is 12.2. The van der Waals surface area contributed by atoms with Crippen LogP contribution in [0.15, 0.2) is 18.2 Å². The van der Waals surface area contributed by atoms with Crippen LogP contribution in [-0.4, -0.2) is 40.7 Å². The minimum absolute atomic E-state index is 0.0652. The molecule has 1 aromatic rings. The lowest BCUT2D eigenvalue weighted by Gasteiger charge is -2.40. The first-order valence-electron chi connectivity index (χ1n) is 8.16. The van der Waals surface area contributed by atoms with Gasteiger partial charge in [-0.3, -0.25) is 0 Å². The van der Waals surface area contributed by atoms with Crippen molar-refractivity contribution in [2.24, 2.45) is 0 Å². The summed E-state index contributed by atoms with van der Waals surface area (Å²) in [6.45, 7) is 14.2. The first kappa shape index (κ1) is 18.6. The number of anilines is 2. The van der Waals surface area contributed by atoms with Crippen LogP contribution >= 0.6 is 11.6 Å². The number of hydrogen-bond donors (Lipinski definition) is 1. The average molecular weight is 357 g/mol. The topological polar surface area (TPSA) is 47.7 Å². The quantitative estimate of drug-likeness (QED) is 0.650. The predicted octanol–water partition coefficient (Wildman–Crippen LogP) is 4.15. The highest BCUT2D eigenvalue weighted by molar-refractivity contribution is 6.74. The van der Waals surface area contributed by atoms with Crippen LogP contribution in [-0.2, 0) is 9.16 Å². The third kappa shape index (κ3) is 4.41. The normalized spacial score (nSPS) is 19.9. The van der Waals surface area contributed by atoms with Gasteiger partial charge in [0.25, 0.3) is 0 Å². The van der Waals surface area contributed by atoms with Gasteiger partial charge >= 0.3 is 0 Å². The van der Waals surface area contributed by atoms with Crippen molar-refractivity contribution >= 4 is 31.3 Å². The van der Waals surface area contributed by atoms with E-state index in [2.05, 4.69) is 38.8 Å². The maximum absolute atomic E-state index is 6.35. The molecule has 0 radical (unpaired) electrons. The molecule has 1 heterocycles. The van der Waals surface area contributed by atoms with Crippen LogP contribution in [0.3, 0.4) is 0 Å². The first-order valence-corrected chi connectivity index (χ1v) is 11.4. The fourth-order valence-electron chi connectivity index (χ4n) is 2.34. The van der Waals surface area contributed by atoms with E-state index in [4.69, 9.17) is 26.5 Å². The Morgan fingerprint density at radius 2 is 2.09 bits per heavy atom.